The zero-order valence-electron chi connectivity index (χ0n) is 17.6. The van der Waals surface area contributed by atoms with Gasteiger partial charge in [0.2, 0.25) is 5.91 Å². The second-order valence-corrected chi connectivity index (χ2v) is 8.14. The molecule has 4 rings (SSSR count). The molecule has 2 heterocycles. The van der Waals surface area contributed by atoms with Crippen molar-refractivity contribution in [2.24, 2.45) is 5.92 Å². The zero-order valence-corrected chi connectivity index (χ0v) is 17.6. The number of carbonyl (C=O) groups excluding carboxylic acids is 1. The number of carbonyl (C=O) groups is 1. The van der Waals surface area contributed by atoms with Crippen molar-refractivity contribution in [3.63, 3.8) is 0 Å². The van der Waals surface area contributed by atoms with E-state index in [1.165, 1.54) is 23.0 Å². The number of aromatic nitrogens is 3. The molecule has 7 heteroatoms. The van der Waals surface area contributed by atoms with E-state index in [1.54, 1.807) is 10.6 Å². The molecule has 1 amide bonds. The summed E-state index contributed by atoms with van der Waals surface area (Å²) in [6.07, 6.45) is 2.35. The third kappa shape index (κ3) is 4.35. The standard InChI is InChI=1S/C24H25FN4O2/c1-16(2)10-11-26-21(30)14-29-20-9-8-18(25)12-19(20)22-23(29)24(31)28(15-27-22)13-17-6-4-3-5-7-17/h3-9,12,15-16H,10-11,13-14H2,1-2H3,(H,26,30). The monoisotopic (exact) mass is 420 g/mol. The Hall–Kier alpha value is -3.48. The fourth-order valence-electron chi connectivity index (χ4n) is 3.73. The first kappa shape index (κ1) is 20.8. The van der Waals surface area contributed by atoms with Gasteiger partial charge in [-0.25, -0.2) is 9.37 Å². The van der Waals surface area contributed by atoms with E-state index in [2.05, 4.69) is 24.1 Å². The molecular formula is C24H25FN4O2. The predicted octanol–water partition coefficient (Wildman–Crippen LogP) is 3.70. The van der Waals surface area contributed by atoms with Crippen LogP contribution in [-0.2, 0) is 17.9 Å². The highest BCUT2D eigenvalue weighted by atomic mass is 19.1. The van der Waals surface area contributed by atoms with E-state index in [4.69, 9.17) is 0 Å². The van der Waals surface area contributed by atoms with E-state index in [9.17, 15) is 14.0 Å². The normalized spacial score (nSPS) is 11.5. The molecule has 0 aliphatic heterocycles. The van der Waals surface area contributed by atoms with Crippen LogP contribution in [0.1, 0.15) is 25.8 Å². The molecule has 0 unspecified atom stereocenters. The van der Waals surface area contributed by atoms with Crippen molar-refractivity contribution in [3.05, 3.63) is 76.6 Å². The molecule has 0 fully saturated rings. The molecule has 0 saturated heterocycles. The van der Waals surface area contributed by atoms with Crippen molar-refractivity contribution >= 4 is 27.8 Å². The molecule has 4 aromatic rings. The maximum Gasteiger partial charge on any atom is 0.278 e. The highest BCUT2D eigenvalue weighted by Crippen LogP contribution is 2.26. The van der Waals surface area contributed by atoms with Crippen LogP contribution in [-0.4, -0.2) is 26.6 Å². The molecule has 2 aromatic heterocycles. The summed E-state index contributed by atoms with van der Waals surface area (Å²) in [6.45, 7) is 5.08. The number of hydrogen-bond acceptors (Lipinski definition) is 3. The second-order valence-electron chi connectivity index (χ2n) is 8.14. The molecule has 0 spiro atoms. The van der Waals surface area contributed by atoms with Gasteiger partial charge in [-0.05, 0) is 36.1 Å². The Balaban J connectivity index is 1.79. The van der Waals surface area contributed by atoms with E-state index in [1.807, 2.05) is 30.3 Å². The van der Waals surface area contributed by atoms with Gasteiger partial charge in [0.05, 0.1) is 18.4 Å². The summed E-state index contributed by atoms with van der Waals surface area (Å²) in [5.74, 6) is -0.129. The first-order valence-electron chi connectivity index (χ1n) is 10.4. The van der Waals surface area contributed by atoms with E-state index >= 15 is 0 Å². The average molecular weight is 420 g/mol. The average Bonchev–Trinajstić information content (AvgIpc) is 3.04. The van der Waals surface area contributed by atoms with Gasteiger partial charge >= 0.3 is 0 Å². The van der Waals surface area contributed by atoms with Gasteiger partial charge in [0.25, 0.3) is 5.56 Å². The van der Waals surface area contributed by atoms with Crippen LogP contribution in [0.5, 0.6) is 0 Å². The highest BCUT2D eigenvalue weighted by molar-refractivity contribution is 6.06. The summed E-state index contributed by atoms with van der Waals surface area (Å²) in [5, 5.41) is 3.43. The van der Waals surface area contributed by atoms with E-state index < -0.39 is 5.82 Å². The summed E-state index contributed by atoms with van der Waals surface area (Å²) in [4.78, 5) is 30.4. The molecule has 31 heavy (non-hydrogen) atoms. The van der Waals surface area contributed by atoms with Crippen LogP contribution in [0.4, 0.5) is 4.39 Å². The third-order valence-electron chi connectivity index (χ3n) is 5.33. The minimum absolute atomic E-state index is 0.0317. The lowest BCUT2D eigenvalue weighted by Gasteiger charge is -2.10. The third-order valence-corrected chi connectivity index (χ3v) is 5.33. The molecule has 0 aliphatic rings. The predicted molar refractivity (Wildman–Crippen MR) is 119 cm³/mol. The SMILES string of the molecule is CC(C)CCNC(=O)Cn1c2ccc(F)cc2c2ncn(Cc3ccccc3)c(=O)c21. The molecule has 160 valence electrons. The highest BCUT2D eigenvalue weighted by Gasteiger charge is 2.19. The molecule has 6 nitrogen and oxygen atoms in total. The second kappa shape index (κ2) is 8.71. The Morgan fingerprint density at radius 1 is 1.16 bits per heavy atom. The van der Waals surface area contributed by atoms with Crippen LogP contribution in [0.15, 0.2) is 59.7 Å². The summed E-state index contributed by atoms with van der Waals surface area (Å²) in [5.41, 5.74) is 2.01. The maximum atomic E-state index is 13.9. The van der Waals surface area contributed by atoms with Crippen molar-refractivity contribution < 1.29 is 9.18 Å². The minimum atomic E-state index is -0.414. The van der Waals surface area contributed by atoms with Gasteiger partial charge < -0.3 is 9.88 Å². The molecule has 1 N–H and O–H groups in total. The molecule has 0 aliphatic carbocycles. The number of halogens is 1. The van der Waals surface area contributed by atoms with Gasteiger partial charge in [-0.2, -0.15) is 0 Å². The van der Waals surface area contributed by atoms with Crippen LogP contribution < -0.4 is 10.9 Å². The minimum Gasteiger partial charge on any atom is -0.355 e. The largest absolute Gasteiger partial charge is 0.355 e. The van der Waals surface area contributed by atoms with Crippen molar-refractivity contribution in [2.75, 3.05) is 6.54 Å². The van der Waals surface area contributed by atoms with Crippen LogP contribution >= 0.6 is 0 Å². The van der Waals surface area contributed by atoms with Crippen molar-refractivity contribution in [2.45, 2.75) is 33.4 Å². The van der Waals surface area contributed by atoms with Crippen molar-refractivity contribution in [1.29, 1.82) is 0 Å². The number of fused-ring (bicyclic) bond motifs is 3. The molecule has 0 atom stereocenters. The van der Waals surface area contributed by atoms with Crippen LogP contribution in [0.25, 0.3) is 21.9 Å². The lowest BCUT2D eigenvalue weighted by Crippen LogP contribution is -2.30. The number of benzene rings is 2. The Bertz CT molecular complexity index is 1290. The number of amides is 1. The molecule has 0 saturated carbocycles. The van der Waals surface area contributed by atoms with Gasteiger partial charge in [0.1, 0.15) is 23.4 Å². The van der Waals surface area contributed by atoms with Crippen LogP contribution in [0.2, 0.25) is 0 Å². The van der Waals surface area contributed by atoms with Gasteiger partial charge in [-0.15, -0.1) is 0 Å². The number of nitrogens with one attached hydrogen (secondary N) is 1. The first-order chi connectivity index (χ1) is 14.9. The summed E-state index contributed by atoms with van der Waals surface area (Å²) < 4.78 is 17.1. The topological polar surface area (TPSA) is 68.9 Å². The fraction of sp³-hybridized carbons (Fsp3) is 0.292. The zero-order chi connectivity index (χ0) is 22.0. The Labute approximate surface area is 179 Å². The Morgan fingerprint density at radius 3 is 2.68 bits per heavy atom. The maximum absolute atomic E-state index is 13.9. The van der Waals surface area contributed by atoms with Gasteiger partial charge in [0.15, 0.2) is 0 Å². The smallest absolute Gasteiger partial charge is 0.278 e. The molecular weight excluding hydrogens is 395 g/mol. The summed E-state index contributed by atoms with van der Waals surface area (Å²) >= 11 is 0. The fourth-order valence-corrected chi connectivity index (χ4v) is 3.73. The Morgan fingerprint density at radius 2 is 1.94 bits per heavy atom. The van der Waals surface area contributed by atoms with Crippen LogP contribution in [0.3, 0.4) is 0 Å². The van der Waals surface area contributed by atoms with Crippen molar-refractivity contribution in [1.82, 2.24) is 19.4 Å². The lowest BCUT2D eigenvalue weighted by atomic mass is 10.1. The van der Waals surface area contributed by atoms with E-state index in [0.29, 0.717) is 40.9 Å². The molecule has 0 radical (unpaired) electrons. The van der Waals surface area contributed by atoms with Gasteiger partial charge in [0, 0.05) is 11.9 Å². The number of hydrogen-bond donors (Lipinski definition) is 1. The lowest BCUT2D eigenvalue weighted by molar-refractivity contribution is -0.121. The molecule has 2 aromatic carbocycles. The molecule has 0 bridgehead atoms. The number of rotatable bonds is 7. The van der Waals surface area contributed by atoms with E-state index in [0.717, 1.165) is 12.0 Å². The van der Waals surface area contributed by atoms with Gasteiger partial charge in [-0.1, -0.05) is 44.2 Å². The summed E-state index contributed by atoms with van der Waals surface area (Å²) in [6, 6.07) is 13.9. The van der Waals surface area contributed by atoms with E-state index in [-0.39, 0.29) is 18.0 Å². The quantitative estimate of drug-likeness (QED) is 0.496. The van der Waals surface area contributed by atoms with Gasteiger partial charge in [-0.3, -0.25) is 14.2 Å². The number of nitrogens with zero attached hydrogens (tertiary/aromatic N) is 3. The first-order valence-corrected chi connectivity index (χ1v) is 10.4. The summed E-state index contributed by atoms with van der Waals surface area (Å²) in [7, 11) is 0. The van der Waals surface area contributed by atoms with Crippen LogP contribution in [0, 0.1) is 11.7 Å². The Kier molecular flexibility index (Phi) is 5.84. The van der Waals surface area contributed by atoms with Crippen molar-refractivity contribution in [3.8, 4) is 0 Å².